The van der Waals surface area contributed by atoms with Crippen LogP contribution in [-0.2, 0) is 9.53 Å². The van der Waals surface area contributed by atoms with Gasteiger partial charge in [0, 0.05) is 6.54 Å². The molecule has 1 heterocycles. The second-order valence-corrected chi connectivity index (χ2v) is 6.98. The van der Waals surface area contributed by atoms with E-state index in [1.807, 2.05) is 37.3 Å². The van der Waals surface area contributed by atoms with Crippen molar-refractivity contribution < 1.29 is 18.3 Å². The molecule has 0 amide bonds. The van der Waals surface area contributed by atoms with E-state index in [1.165, 1.54) is 0 Å². The molecule has 1 aromatic rings. The van der Waals surface area contributed by atoms with E-state index < -0.39 is 23.2 Å². The molecule has 0 radical (unpaired) electrons. The Morgan fingerprint density at radius 3 is 2.54 bits per heavy atom. The summed E-state index contributed by atoms with van der Waals surface area (Å²) in [6.07, 6.45) is 0.893. The zero-order valence-corrected chi connectivity index (χ0v) is 14.6. The Hall–Kier alpha value is -1.56. The number of benzene rings is 1. The number of hydrogen-bond donors (Lipinski definition) is 0. The summed E-state index contributed by atoms with van der Waals surface area (Å²) in [5.74, 6) is -4.78. The molecule has 1 saturated carbocycles. The largest absolute Gasteiger partial charge is 0.466 e. The number of ether oxygens (including phenoxy) is 1. The SMILES string of the molecule is CCOC(=O)C1([C@H]2CN([C@@H](C)c3ccccc3)C(=S)C2(F)F)CC1. The van der Waals surface area contributed by atoms with Gasteiger partial charge < -0.3 is 9.64 Å². The number of rotatable bonds is 5. The summed E-state index contributed by atoms with van der Waals surface area (Å²) in [4.78, 5) is 13.4. The molecule has 1 aliphatic heterocycles. The minimum atomic E-state index is -3.17. The maximum atomic E-state index is 14.9. The molecule has 1 aliphatic carbocycles. The zero-order valence-electron chi connectivity index (χ0n) is 13.8. The molecule has 0 N–H and O–H groups in total. The van der Waals surface area contributed by atoms with Crippen LogP contribution in [0.25, 0.3) is 0 Å². The lowest BCUT2D eigenvalue weighted by Crippen LogP contribution is -2.40. The van der Waals surface area contributed by atoms with Crippen LogP contribution in [0, 0.1) is 11.3 Å². The van der Waals surface area contributed by atoms with Gasteiger partial charge in [0.2, 0.25) is 0 Å². The first-order valence-electron chi connectivity index (χ1n) is 8.25. The third kappa shape index (κ3) is 2.61. The lowest BCUT2D eigenvalue weighted by atomic mass is 9.85. The van der Waals surface area contributed by atoms with Crippen LogP contribution in [0.2, 0.25) is 0 Å². The van der Waals surface area contributed by atoms with Gasteiger partial charge in [-0.15, -0.1) is 0 Å². The second-order valence-electron chi connectivity index (χ2n) is 6.60. The van der Waals surface area contributed by atoms with Gasteiger partial charge in [0.15, 0.2) is 0 Å². The highest BCUT2D eigenvalue weighted by Crippen LogP contribution is 2.60. The smallest absolute Gasteiger partial charge is 0.312 e. The fourth-order valence-electron chi connectivity index (χ4n) is 3.61. The fourth-order valence-corrected chi connectivity index (χ4v) is 3.98. The Morgan fingerprint density at radius 1 is 1.38 bits per heavy atom. The van der Waals surface area contributed by atoms with Gasteiger partial charge in [-0.1, -0.05) is 42.5 Å². The number of hydrogen-bond acceptors (Lipinski definition) is 3. The van der Waals surface area contributed by atoms with Crippen LogP contribution in [0.3, 0.4) is 0 Å². The van der Waals surface area contributed by atoms with Crippen molar-refractivity contribution in [2.45, 2.75) is 38.7 Å². The van der Waals surface area contributed by atoms with E-state index >= 15 is 0 Å². The highest BCUT2D eigenvalue weighted by molar-refractivity contribution is 7.80. The van der Waals surface area contributed by atoms with E-state index in [9.17, 15) is 13.6 Å². The van der Waals surface area contributed by atoms with Gasteiger partial charge in [-0.2, -0.15) is 8.78 Å². The Balaban J connectivity index is 1.87. The van der Waals surface area contributed by atoms with Crippen molar-refractivity contribution in [2.75, 3.05) is 13.2 Å². The topological polar surface area (TPSA) is 29.5 Å². The summed E-state index contributed by atoms with van der Waals surface area (Å²) >= 11 is 5.10. The molecular weight excluding hydrogens is 332 g/mol. The van der Waals surface area contributed by atoms with Gasteiger partial charge >= 0.3 is 11.9 Å². The van der Waals surface area contributed by atoms with Crippen LogP contribution in [0.4, 0.5) is 8.78 Å². The van der Waals surface area contributed by atoms with E-state index in [0.29, 0.717) is 12.8 Å². The molecule has 2 aliphatic rings. The molecule has 24 heavy (non-hydrogen) atoms. The molecule has 6 heteroatoms. The number of esters is 1. The quantitative estimate of drug-likeness (QED) is 0.591. The normalized spacial score (nSPS) is 25.4. The molecule has 3 nitrogen and oxygen atoms in total. The standard InChI is InChI=1S/C18H21F2NO2S/c1-3-23-16(22)17(9-10-17)14-11-21(15(24)18(14,19)20)12(2)13-7-5-4-6-8-13/h4-8,12,14H,3,9-11H2,1-2H3/t12-,14+/m0/s1. The summed E-state index contributed by atoms with van der Waals surface area (Å²) in [7, 11) is 0. The summed E-state index contributed by atoms with van der Waals surface area (Å²) < 4.78 is 34.8. The molecule has 3 rings (SSSR count). The number of halogens is 2. The average molecular weight is 353 g/mol. The van der Waals surface area contributed by atoms with E-state index in [1.54, 1.807) is 11.8 Å². The first-order valence-corrected chi connectivity index (χ1v) is 8.66. The maximum Gasteiger partial charge on any atom is 0.312 e. The van der Waals surface area contributed by atoms with Gasteiger partial charge in [0.1, 0.15) is 4.99 Å². The predicted molar refractivity (Wildman–Crippen MR) is 90.9 cm³/mol. The monoisotopic (exact) mass is 353 g/mol. The Kier molecular flexibility index (Phi) is 4.36. The first-order chi connectivity index (χ1) is 11.3. The minimum Gasteiger partial charge on any atom is -0.466 e. The maximum absolute atomic E-state index is 14.9. The van der Waals surface area contributed by atoms with Gasteiger partial charge in [0.05, 0.1) is 24.0 Å². The Bertz CT molecular complexity index is 646. The number of nitrogens with zero attached hydrogens (tertiary/aromatic N) is 1. The van der Waals surface area contributed by atoms with Crippen molar-refractivity contribution in [3.05, 3.63) is 35.9 Å². The summed E-state index contributed by atoms with van der Waals surface area (Å²) in [6, 6.07) is 9.18. The van der Waals surface area contributed by atoms with Crippen LogP contribution < -0.4 is 0 Å². The number of alkyl halides is 2. The lowest BCUT2D eigenvalue weighted by Gasteiger charge is -2.27. The van der Waals surface area contributed by atoms with Gasteiger partial charge in [-0.3, -0.25) is 4.79 Å². The number of likely N-dealkylation sites (tertiary alicyclic amines) is 1. The number of carbonyl (C=O) groups excluding carboxylic acids is 1. The molecule has 0 spiro atoms. The molecule has 2 atom stereocenters. The van der Waals surface area contributed by atoms with Crippen LogP contribution in [0.1, 0.15) is 38.3 Å². The van der Waals surface area contributed by atoms with Crippen molar-refractivity contribution in [3.8, 4) is 0 Å². The first kappa shape index (κ1) is 17.3. The van der Waals surface area contributed by atoms with Crippen molar-refractivity contribution in [3.63, 3.8) is 0 Å². The summed E-state index contributed by atoms with van der Waals surface area (Å²) in [6.45, 7) is 3.84. The van der Waals surface area contributed by atoms with Crippen LogP contribution in [0.5, 0.6) is 0 Å². The van der Waals surface area contributed by atoms with E-state index in [4.69, 9.17) is 17.0 Å². The minimum absolute atomic E-state index is 0.0840. The number of thiocarbonyl (C=S) groups is 1. The third-order valence-corrected chi connectivity index (χ3v) is 5.76. The highest BCUT2D eigenvalue weighted by atomic mass is 32.1. The van der Waals surface area contributed by atoms with Crippen molar-refractivity contribution in [2.24, 2.45) is 11.3 Å². The molecule has 2 fully saturated rings. The van der Waals surface area contributed by atoms with Gasteiger partial charge in [-0.25, -0.2) is 0 Å². The molecule has 0 aromatic heterocycles. The Labute approximate surface area is 146 Å². The van der Waals surface area contributed by atoms with Crippen LogP contribution >= 0.6 is 12.2 Å². The zero-order chi connectivity index (χ0) is 17.5. The third-order valence-electron chi connectivity index (χ3n) is 5.25. The molecule has 130 valence electrons. The highest BCUT2D eigenvalue weighted by Gasteiger charge is 2.69. The van der Waals surface area contributed by atoms with Gasteiger partial charge in [-0.05, 0) is 32.3 Å². The fraction of sp³-hybridized carbons (Fsp3) is 0.556. The van der Waals surface area contributed by atoms with Crippen molar-refractivity contribution >= 4 is 23.2 Å². The van der Waals surface area contributed by atoms with E-state index in [2.05, 4.69) is 0 Å². The number of carbonyl (C=O) groups is 1. The average Bonchev–Trinajstić information content (AvgIpc) is 3.33. The molecule has 1 saturated heterocycles. The van der Waals surface area contributed by atoms with Crippen molar-refractivity contribution in [1.29, 1.82) is 0 Å². The molecular formula is C18H21F2NO2S. The predicted octanol–water partition coefficient (Wildman–Crippen LogP) is 3.99. The van der Waals surface area contributed by atoms with Crippen LogP contribution in [-0.4, -0.2) is 34.9 Å². The molecule has 1 aromatic carbocycles. The van der Waals surface area contributed by atoms with E-state index in [-0.39, 0.29) is 24.2 Å². The lowest BCUT2D eigenvalue weighted by molar-refractivity contribution is -0.156. The molecule has 0 bridgehead atoms. The van der Waals surface area contributed by atoms with E-state index in [0.717, 1.165) is 5.56 Å². The Morgan fingerprint density at radius 2 is 2.00 bits per heavy atom. The summed E-state index contributed by atoms with van der Waals surface area (Å²) in [5, 5.41) is 0. The molecule has 0 unspecified atom stereocenters. The summed E-state index contributed by atoms with van der Waals surface area (Å²) in [5.41, 5.74) is -0.147. The van der Waals surface area contributed by atoms with Crippen LogP contribution in [0.15, 0.2) is 30.3 Å². The van der Waals surface area contributed by atoms with Gasteiger partial charge in [0.25, 0.3) is 0 Å². The second kappa shape index (κ2) is 6.06. The van der Waals surface area contributed by atoms with Crippen molar-refractivity contribution in [1.82, 2.24) is 4.90 Å².